The monoisotopic (exact) mass is 276 g/mol. The van der Waals surface area contributed by atoms with Crippen molar-refractivity contribution in [2.24, 2.45) is 0 Å². The third kappa shape index (κ3) is 4.06. The molecule has 106 valence electrons. The third-order valence-corrected chi connectivity index (χ3v) is 2.41. The van der Waals surface area contributed by atoms with Crippen LogP contribution in [0.5, 0.6) is 0 Å². The second kappa shape index (κ2) is 7.25. The van der Waals surface area contributed by atoms with Crippen molar-refractivity contribution < 1.29 is 14.3 Å². The minimum Gasteiger partial charge on any atom is -0.447 e. The molecule has 2 rings (SSSR count). The normalized spacial score (nSPS) is 10.2. The first-order valence-corrected chi connectivity index (χ1v) is 6.29. The van der Waals surface area contributed by atoms with Gasteiger partial charge in [0.2, 0.25) is 0 Å². The van der Waals surface area contributed by atoms with Gasteiger partial charge >= 0.3 is 6.09 Å². The molecule has 0 fully saturated rings. The Morgan fingerprint density at radius 2 is 2.10 bits per heavy atom. The number of aromatic nitrogens is 3. The van der Waals surface area contributed by atoms with E-state index in [1.165, 1.54) is 0 Å². The number of ether oxygens (including phenoxy) is 2. The number of H-pyrrole nitrogens is 1. The molecular formula is C13H16N4O3. The number of amides is 1. The summed E-state index contributed by atoms with van der Waals surface area (Å²) in [6, 6.07) is 9.49. The smallest absolute Gasteiger partial charge is 0.414 e. The van der Waals surface area contributed by atoms with Crippen molar-refractivity contribution in [1.29, 1.82) is 0 Å². The van der Waals surface area contributed by atoms with Crippen molar-refractivity contribution in [3.05, 3.63) is 30.3 Å². The Balaban J connectivity index is 1.85. The van der Waals surface area contributed by atoms with Crippen LogP contribution in [0, 0.1) is 0 Å². The zero-order chi connectivity index (χ0) is 14.2. The van der Waals surface area contributed by atoms with Gasteiger partial charge in [-0.2, -0.15) is 4.98 Å². The molecule has 0 aliphatic rings. The van der Waals surface area contributed by atoms with E-state index in [2.05, 4.69) is 20.5 Å². The van der Waals surface area contributed by atoms with Crippen LogP contribution in [0.3, 0.4) is 0 Å². The molecule has 0 saturated heterocycles. The Morgan fingerprint density at radius 1 is 1.30 bits per heavy atom. The molecule has 0 radical (unpaired) electrons. The van der Waals surface area contributed by atoms with Crippen molar-refractivity contribution in [2.45, 2.75) is 6.92 Å². The maximum atomic E-state index is 11.4. The lowest BCUT2D eigenvalue weighted by Gasteiger charge is -2.03. The molecule has 0 atom stereocenters. The zero-order valence-electron chi connectivity index (χ0n) is 11.1. The molecule has 2 aromatic rings. The van der Waals surface area contributed by atoms with E-state index in [-0.39, 0.29) is 12.6 Å². The SMILES string of the molecule is CCOCCOC(=O)Nc1n[nH]c(-c2ccccc2)n1. The largest absolute Gasteiger partial charge is 0.447 e. The average Bonchev–Trinajstić information content (AvgIpc) is 2.93. The van der Waals surface area contributed by atoms with Crippen molar-refractivity contribution in [1.82, 2.24) is 15.2 Å². The second-order valence-electron chi connectivity index (χ2n) is 3.83. The molecule has 20 heavy (non-hydrogen) atoms. The van der Waals surface area contributed by atoms with Gasteiger partial charge in [0.25, 0.3) is 5.95 Å². The molecule has 0 aliphatic carbocycles. The Bertz CT molecular complexity index is 542. The van der Waals surface area contributed by atoms with Gasteiger partial charge < -0.3 is 9.47 Å². The quantitative estimate of drug-likeness (QED) is 0.788. The molecule has 0 bridgehead atoms. The number of aromatic amines is 1. The van der Waals surface area contributed by atoms with Crippen LogP contribution < -0.4 is 5.32 Å². The maximum Gasteiger partial charge on any atom is 0.414 e. The Kier molecular flexibility index (Phi) is 5.08. The van der Waals surface area contributed by atoms with Crippen LogP contribution in [0.4, 0.5) is 10.7 Å². The molecule has 1 heterocycles. The highest BCUT2D eigenvalue weighted by molar-refractivity contribution is 5.82. The van der Waals surface area contributed by atoms with Crippen LogP contribution in [0.15, 0.2) is 30.3 Å². The summed E-state index contributed by atoms with van der Waals surface area (Å²) in [7, 11) is 0. The first-order chi connectivity index (χ1) is 9.79. The van der Waals surface area contributed by atoms with Gasteiger partial charge in [-0.15, -0.1) is 5.10 Å². The summed E-state index contributed by atoms with van der Waals surface area (Å²) in [4.78, 5) is 15.6. The van der Waals surface area contributed by atoms with Gasteiger partial charge in [-0.25, -0.2) is 4.79 Å². The highest BCUT2D eigenvalue weighted by Gasteiger charge is 2.09. The Hall–Kier alpha value is -2.41. The number of nitrogens with zero attached hydrogens (tertiary/aromatic N) is 2. The highest BCUT2D eigenvalue weighted by atomic mass is 16.6. The first kappa shape index (κ1) is 14.0. The zero-order valence-corrected chi connectivity index (χ0v) is 11.1. The van der Waals surface area contributed by atoms with E-state index >= 15 is 0 Å². The minimum absolute atomic E-state index is 0.172. The van der Waals surface area contributed by atoms with Crippen LogP contribution in [0.25, 0.3) is 11.4 Å². The number of nitrogens with one attached hydrogen (secondary N) is 2. The minimum atomic E-state index is -0.608. The predicted octanol–water partition coefficient (Wildman–Crippen LogP) is 2.06. The lowest BCUT2D eigenvalue weighted by Crippen LogP contribution is -2.17. The number of anilines is 1. The van der Waals surface area contributed by atoms with Crippen LogP contribution in [0.1, 0.15) is 6.92 Å². The molecule has 1 aromatic carbocycles. The van der Waals surface area contributed by atoms with Crippen molar-refractivity contribution in [3.63, 3.8) is 0 Å². The number of hydrogen-bond acceptors (Lipinski definition) is 5. The van der Waals surface area contributed by atoms with Gasteiger partial charge in [0.15, 0.2) is 5.82 Å². The topological polar surface area (TPSA) is 89.1 Å². The van der Waals surface area contributed by atoms with E-state index in [1.54, 1.807) is 0 Å². The number of carbonyl (C=O) groups excluding carboxylic acids is 1. The van der Waals surface area contributed by atoms with Gasteiger partial charge in [0, 0.05) is 12.2 Å². The lowest BCUT2D eigenvalue weighted by molar-refractivity contribution is 0.0849. The maximum absolute atomic E-state index is 11.4. The van der Waals surface area contributed by atoms with Gasteiger partial charge in [0.1, 0.15) is 6.61 Å². The van der Waals surface area contributed by atoms with Gasteiger partial charge in [0.05, 0.1) is 6.61 Å². The summed E-state index contributed by atoms with van der Waals surface area (Å²) in [6.07, 6.45) is -0.608. The summed E-state index contributed by atoms with van der Waals surface area (Å²) in [5.41, 5.74) is 0.887. The highest BCUT2D eigenvalue weighted by Crippen LogP contribution is 2.14. The molecule has 7 nitrogen and oxygen atoms in total. The molecule has 2 N–H and O–H groups in total. The number of hydrogen-bond donors (Lipinski definition) is 2. The lowest BCUT2D eigenvalue weighted by atomic mass is 10.2. The van der Waals surface area contributed by atoms with E-state index in [9.17, 15) is 4.79 Å². The standard InChI is InChI=1S/C13H16N4O3/c1-2-19-8-9-20-13(18)15-12-14-11(16-17-12)10-6-4-3-5-7-10/h3-7H,2,8-9H2,1H3,(H2,14,15,16,17,18). The Labute approximate surface area is 116 Å². The Morgan fingerprint density at radius 3 is 2.85 bits per heavy atom. The molecular weight excluding hydrogens is 260 g/mol. The summed E-state index contributed by atoms with van der Waals surface area (Å²) in [6.45, 7) is 3.02. The van der Waals surface area contributed by atoms with Gasteiger partial charge in [-0.3, -0.25) is 10.4 Å². The number of carbonyl (C=O) groups is 1. The van der Waals surface area contributed by atoms with E-state index in [0.717, 1.165) is 5.56 Å². The molecule has 7 heteroatoms. The first-order valence-electron chi connectivity index (χ1n) is 6.29. The second-order valence-corrected chi connectivity index (χ2v) is 3.83. The summed E-state index contributed by atoms with van der Waals surface area (Å²) in [5.74, 6) is 0.750. The predicted molar refractivity (Wildman–Crippen MR) is 73.3 cm³/mol. The fourth-order valence-electron chi connectivity index (χ4n) is 1.51. The fraction of sp³-hybridized carbons (Fsp3) is 0.308. The van der Waals surface area contributed by atoms with Crippen LogP contribution in [-0.2, 0) is 9.47 Å². The van der Waals surface area contributed by atoms with E-state index in [0.29, 0.717) is 19.0 Å². The summed E-state index contributed by atoms with van der Waals surface area (Å²) >= 11 is 0. The molecule has 0 aliphatic heterocycles. The molecule has 0 spiro atoms. The third-order valence-electron chi connectivity index (χ3n) is 2.41. The average molecular weight is 276 g/mol. The van der Waals surface area contributed by atoms with Crippen LogP contribution >= 0.6 is 0 Å². The summed E-state index contributed by atoms with van der Waals surface area (Å²) in [5, 5.41) is 9.08. The summed E-state index contributed by atoms with van der Waals surface area (Å²) < 4.78 is 9.95. The molecule has 0 saturated carbocycles. The van der Waals surface area contributed by atoms with Crippen molar-refractivity contribution >= 4 is 12.0 Å². The molecule has 0 unspecified atom stereocenters. The van der Waals surface area contributed by atoms with Crippen LogP contribution in [-0.4, -0.2) is 41.1 Å². The van der Waals surface area contributed by atoms with Gasteiger partial charge in [-0.1, -0.05) is 30.3 Å². The van der Waals surface area contributed by atoms with E-state index in [4.69, 9.17) is 9.47 Å². The molecule has 1 amide bonds. The van der Waals surface area contributed by atoms with Crippen molar-refractivity contribution in [2.75, 3.05) is 25.1 Å². The van der Waals surface area contributed by atoms with E-state index in [1.807, 2.05) is 37.3 Å². The number of rotatable bonds is 6. The van der Waals surface area contributed by atoms with Gasteiger partial charge in [-0.05, 0) is 6.92 Å². The van der Waals surface area contributed by atoms with E-state index < -0.39 is 6.09 Å². The molecule has 1 aromatic heterocycles. The van der Waals surface area contributed by atoms with Crippen molar-refractivity contribution in [3.8, 4) is 11.4 Å². The number of benzene rings is 1. The fourth-order valence-corrected chi connectivity index (χ4v) is 1.51. The van der Waals surface area contributed by atoms with Crippen LogP contribution in [0.2, 0.25) is 0 Å².